The molecule has 0 bridgehead atoms. The first-order valence-electron chi connectivity index (χ1n) is 9.21. The molecule has 0 heterocycles. The number of carbonyl (C=O) groups excluding carboxylic acids is 1. The molecule has 2 aromatic rings. The molecule has 1 saturated carbocycles. The minimum absolute atomic E-state index is 0.163. The molecule has 26 heavy (non-hydrogen) atoms. The highest BCUT2D eigenvalue weighted by Crippen LogP contribution is 2.31. The van der Waals surface area contributed by atoms with Gasteiger partial charge in [0.15, 0.2) is 11.7 Å². The molecule has 0 aliphatic heterocycles. The van der Waals surface area contributed by atoms with E-state index in [9.17, 15) is 4.79 Å². The molecule has 1 fully saturated rings. The number of anilines is 1. The maximum Gasteiger partial charge on any atom is 0.189 e. The monoisotopic (exact) mass is 349 g/mol. The van der Waals surface area contributed by atoms with Gasteiger partial charge in [0.2, 0.25) is 0 Å². The Labute approximate surface area is 156 Å². The van der Waals surface area contributed by atoms with E-state index in [2.05, 4.69) is 11.4 Å². The van der Waals surface area contributed by atoms with E-state index in [1.54, 1.807) is 7.11 Å². The van der Waals surface area contributed by atoms with Crippen molar-refractivity contribution in [3.8, 4) is 0 Å². The molecule has 3 rings (SSSR count). The van der Waals surface area contributed by atoms with Gasteiger partial charge < -0.3 is 10.1 Å². The summed E-state index contributed by atoms with van der Waals surface area (Å²) in [7, 11) is 1.70. The van der Waals surface area contributed by atoms with Crippen molar-refractivity contribution in [1.29, 1.82) is 0 Å². The number of ketones is 1. The topological polar surface area (TPSA) is 38.3 Å². The molecular weight excluding hydrogens is 322 g/mol. The summed E-state index contributed by atoms with van der Waals surface area (Å²) in [6, 6.07) is 12.1. The lowest BCUT2D eigenvalue weighted by Crippen LogP contribution is -2.13. The van der Waals surface area contributed by atoms with E-state index in [0.717, 1.165) is 52.2 Å². The molecule has 3 heteroatoms. The maximum atomic E-state index is 12.8. The lowest BCUT2D eigenvalue weighted by atomic mass is 9.92. The number of Topliss-reactive ketones (excluding diaryl/α,β-unsaturated/α-hetero) is 1. The molecular formula is C23H27NO2. The highest BCUT2D eigenvalue weighted by atomic mass is 16.5. The van der Waals surface area contributed by atoms with Crippen LogP contribution in [0.5, 0.6) is 0 Å². The van der Waals surface area contributed by atoms with Crippen molar-refractivity contribution in [2.75, 3.05) is 12.4 Å². The van der Waals surface area contributed by atoms with Crippen LogP contribution < -0.4 is 5.32 Å². The van der Waals surface area contributed by atoms with Crippen molar-refractivity contribution >= 4 is 11.5 Å². The summed E-state index contributed by atoms with van der Waals surface area (Å²) < 4.78 is 5.52. The zero-order chi connectivity index (χ0) is 18.7. The number of ether oxygens (including phenoxy) is 1. The first-order valence-corrected chi connectivity index (χ1v) is 9.21. The maximum absolute atomic E-state index is 12.8. The van der Waals surface area contributed by atoms with Crippen molar-refractivity contribution in [2.24, 2.45) is 0 Å². The van der Waals surface area contributed by atoms with Gasteiger partial charge in [-0.1, -0.05) is 24.3 Å². The fourth-order valence-corrected chi connectivity index (χ4v) is 3.31. The Morgan fingerprint density at radius 1 is 1.04 bits per heavy atom. The number of carbonyl (C=O) groups is 1. The molecule has 0 unspecified atom stereocenters. The van der Waals surface area contributed by atoms with Gasteiger partial charge in [0.05, 0.1) is 7.11 Å². The summed E-state index contributed by atoms with van der Waals surface area (Å²) in [6.07, 6.45) is 3.86. The van der Waals surface area contributed by atoms with E-state index in [1.165, 1.54) is 12.0 Å². The van der Waals surface area contributed by atoms with Crippen molar-refractivity contribution in [3.05, 3.63) is 75.7 Å². The SMILES string of the molecule is COC(Nc1cc(C)c(C(=O)Cc2ccccc2C)cc1C)=C1CCC1. The summed E-state index contributed by atoms with van der Waals surface area (Å²) in [5.74, 6) is 1.02. The van der Waals surface area contributed by atoms with E-state index >= 15 is 0 Å². The van der Waals surface area contributed by atoms with Gasteiger partial charge in [0.1, 0.15) is 0 Å². The molecule has 0 aromatic heterocycles. The molecule has 1 aliphatic carbocycles. The number of allylic oxidation sites excluding steroid dienone is 1. The lowest BCUT2D eigenvalue weighted by Gasteiger charge is -2.23. The summed E-state index contributed by atoms with van der Waals surface area (Å²) in [6.45, 7) is 6.08. The Morgan fingerprint density at radius 2 is 1.77 bits per heavy atom. The Bertz CT molecular complexity index is 859. The van der Waals surface area contributed by atoms with Gasteiger partial charge in [0, 0.05) is 17.7 Å². The third kappa shape index (κ3) is 3.82. The molecule has 3 nitrogen and oxygen atoms in total. The molecule has 136 valence electrons. The standard InChI is InChI=1S/C23H27NO2/c1-15-8-5-6-9-19(15)14-22(25)20-12-17(3)21(13-16(20)2)24-23(26-4)18-10-7-11-18/h5-6,8-9,12-13,24H,7,10-11,14H2,1-4H3. The van der Waals surface area contributed by atoms with Gasteiger partial charge in [-0.3, -0.25) is 4.79 Å². The van der Waals surface area contributed by atoms with Crippen molar-refractivity contribution in [1.82, 2.24) is 0 Å². The number of benzene rings is 2. The normalized spacial score (nSPS) is 13.2. The zero-order valence-corrected chi connectivity index (χ0v) is 16.1. The van der Waals surface area contributed by atoms with Gasteiger partial charge in [-0.25, -0.2) is 0 Å². The second-order valence-corrected chi connectivity index (χ2v) is 7.12. The zero-order valence-electron chi connectivity index (χ0n) is 16.1. The van der Waals surface area contributed by atoms with Crippen molar-refractivity contribution < 1.29 is 9.53 Å². The number of aryl methyl sites for hydroxylation is 3. The van der Waals surface area contributed by atoms with Gasteiger partial charge in [-0.05, 0) is 80.0 Å². The summed E-state index contributed by atoms with van der Waals surface area (Å²) >= 11 is 0. The van der Waals surface area contributed by atoms with Gasteiger partial charge >= 0.3 is 0 Å². The number of hydrogen-bond donors (Lipinski definition) is 1. The summed E-state index contributed by atoms with van der Waals surface area (Å²) in [5, 5.41) is 3.41. The van der Waals surface area contributed by atoms with E-state index in [-0.39, 0.29) is 5.78 Å². The Morgan fingerprint density at radius 3 is 2.38 bits per heavy atom. The molecule has 0 amide bonds. The highest BCUT2D eigenvalue weighted by molar-refractivity contribution is 5.99. The largest absolute Gasteiger partial charge is 0.482 e. The van der Waals surface area contributed by atoms with Crippen LogP contribution in [-0.2, 0) is 11.2 Å². The predicted octanol–water partition coefficient (Wildman–Crippen LogP) is 5.49. The predicted molar refractivity (Wildman–Crippen MR) is 107 cm³/mol. The third-order valence-corrected chi connectivity index (χ3v) is 5.21. The first kappa shape index (κ1) is 18.2. The minimum atomic E-state index is 0.163. The molecule has 1 N–H and O–H groups in total. The quantitative estimate of drug-likeness (QED) is 0.553. The van der Waals surface area contributed by atoms with Crippen LogP contribution in [0.2, 0.25) is 0 Å². The number of hydrogen-bond acceptors (Lipinski definition) is 3. The minimum Gasteiger partial charge on any atom is -0.482 e. The van der Waals surface area contributed by atoms with Gasteiger partial charge in [-0.15, -0.1) is 0 Å². The molecule has 0 radical (unpaired) electrons. The highest BCUT2D eigenvalue weighted by Gasteiger charge is 2.18. The van der Waals surface area contributed by atoms with Crippen LogP contribution >= 0.6 is 0 Å². The molecule has 2 aromatic carbocycles. The second kappa shape index (κ2) is 7.77. The van der Waals surface area contributed by atoms with Crippen LogP contribution in [0.25, 0.3) is 0 Å². The van der Waals surface area contributed by atoms with Crippen LogP contribution in [0.3, 0.4) is 0 Å². The van der Waals surface area contributed by atoms with E-state index in [0.29, 0.717) is 6.42 Å². The Hall–Kier alpha value is -2.55. The number of nitrogens with one attached hydrogen (secondary N) is 1. The van der Waals surface area contributed by atoms with Gasteiger partial charge in [0.25, 0.3) is 0 Å². The van der Waals surface area contributed by atoms with Crippen LogP contribution in [0, 0.1) is 20.8 Å². The average Bonchev–Trinajstić information content (AvgIpc) is 2.57. The van der Waals surface area contributed by atoms with Crippen LogP contribution in [0.1, 0.15) is 51.9 Å². The third-order valence-electron chi connectivity index (χ3n) is 5.21. The van der Waals surface area contributed by atoms with Gasteiger partial charge in [-0.2, -0.15) is 0 Å². The molecule has 0 saturated heterocycles. The van der Waals surface area contributed by atoms with E-state index in [4.69, 9.17) is 4.74 Å². The molecule has 0 spiro atoms. The molecule has 0 atom stereocenters. The summed E-state index contributed by atoms with van der Waals surface area (Å²) in [5.41, 5.74) is 7.43. The van der Waals surface area contributed by atoms with E-state index in [1.807, 2.05) is 51.1 Å². The van der Waals surface area contributed by atoms with E-state index < -0.39 is 0 Å². The first-order chi connectivity index (χ1) is 12.5. The second-order valence-electron chi connectivity index (χ2n) is 7.12. The van der Waals surface area contributed by atoms with Crippen molar-refractivity contribution in [2.45, 2.75) is 46.5 Å². The van der Waals surface area contributed by atoms with Crippen molar-refractivity contribution in [3.63, 3.8) is 0 Å². The summed E-state index contributed by atoms with van der Waals surface area (Å²) in [4.78, 5) is 12.8. The van der Waals surface area contributed by atoms with Crippen LogP contribution in [0.4, 0.5) is 5.69 Å². The Kier molecular flexibility index (Phi) is 5.46. The van der Waals surface area contributed by atoms with Crippen LogP contribution in [0.15, 0.2) is 47.9 Å². The van der Waals surface area contributed by atoms with Crippen LogP contribution in [-0.4, -0.2) is 12.9 Å². The fraction of sp³-hybridized carbons (Fsp3) is 0.348. The Balaban J connectivity index is 1.83. The fourth-order valence-electron chi connectivity index (χ4n) is 3.31. The smallest absolute Gasteiger partial charge is 0.189 e. The number of rotatable bonds is 6. The molecule has 1 aliphatic rings. The number of methoxy groups -OCH3 is 1. The lowest BCUT2D eigenvalue weighted by molar-refractivity contribution is 0.0992. The average molecular weight is 349 g/mol.